The van der Waals surface area contributed by atoms with E-state index in [9.17, 15) is 18.4 Å². The molecule has 0 radical (unpaired) electrons. The van der Waals surface area contributed by atoms with Crippen LogP contribution in [0.5, 0.6) is 0 Å². The second-order valence-electron chi connectivity index (χ2n) is 9.88. The number of aromatic nitrogens is 2. The summed E-state index contributed by atoms with van der Waals surface area (Å²) < 4.78 is 35.2. The van der Waals surface area contributed by atoms with Crippen molar-refractivity contribution in [3.8, 4) is 23.0 Å². The van der Waals surface area contributed by atoms with E-state index in [0.29, 0.717) is 26.2 Å². The first kappa shape index (κ1) is 26.5. The van der Waals surface area contributed by atoms with Crippen molar-refractivity contribution in [1.29, 1.82) is 0 Å². The van der Waals surface area contributed by atoms with Gasteiger partial charge in [-0.1, -0.05) is 17.9 Å². The molecular weight excluding hydrogens is 552 g/mol. The predicted molar refractivity (Wildman–Crippen MR) is 140 cm³/mol. The van der Waals surface area contributed by atoms with Gasteiger partial charge in [0.15, 0.2) is 0 Å². The van der Waals surface area contributed by atoms with Crippen LogP contribution in [0.2, 0.25) is 0 Å². The third kappa shape index (κ3) is 5.53. The van der Waals surface area contributed by atoms with Crippen LogP contribution in [0.3, 0.4) is 0 Å². The van der Waals surface area contributed by atoms with Crippen LogP contribution in [0.4, 0.5) is 8.78 Å². The van der Waals surface area contributed by atoms with Gasteiger partial charge in [-0.05, 0) is 68.2 Å². The van der Waals surface area contributed by atoms with Gasteiger partial charge >= 0.3 is 0 Å². The number of amides is 1. The summed E-state index contributed by atoms with van der Waals surface area (Å²) >= 11 is 4.46. The molecule has 10 heteroatoms. The second-order valence-corrected chi connectivity index (χ2v) is 11.7. The van der Waals surface area contributed by atoms with Crippen LogP contribution in [0, 0.1) is 17.7 Å². The van der Waals surface area contributed by atoms with Crippen molar-refractivity contribution in [2.24, 2.45) is 0 Å². The van der Waals surface area contributed by atoms with Gasteiger partial charge in [-0.15, -0.1) is 11.3 Å². The van der Waals surface area contributed by atoms with E-state index < -0.39 is 22.6 Å². The number of benzene rings is 1. The minimum Gasteiger partial charge on any atom is -0.360 e. The van der Waals surface area contributed by atoms with Crippen molar-refractivity contribution in [3.05, 3.63) is 50.0 Å². The zero-order chi connectivity index (χ0) is 26.4. The molecule has 1 amide bonds. The Morgan fingerprint density at radius 1 is 1.36 bits per heavy atom. The first-order chi connectivity index (χ1) is 16.8. The van der Waals surface area contributed by atoms with Crippen LogP contribution >= 0.6 is 27.3 Å². The number of halogens is 3. The fourth-order valence-electron chi connectivity index (χ4n) is 4.15. The van der Waals surface area contributed by atoms with Gasteiger partial charge in [0.2, 0.25) is 5.91 Å². The summed E-state index contributed by atoms with van der Waals surface area (Å²) in [5.74, 6) is 5.47. The minimum absolute atomic E-state index is 0.00245. The molecule has 1 saturated heterocycles. The minimum atomic E-state index is -1.40. The molecule has 0 N–H and O–H groups in total. The highest BCUT2D eigenvalue weighted by Crippen LogP contribution is 2.37. The van der Waals surface area contributed by atoms with Gasteiger partial charge in [0.05, 0.1) is 40.3 Å². The Bertz CT molecular complexity index is 1460. The molecule has 1 fully saturated rings. The van der Waals surface area contributed by atoms with Gasteiger partial charge < -0.3 is 9.64 Å². The topological polar surface area (TPSA) is 64.4 Å². The number of alkyl halides is 1. The number of thiophene rings is 1. The molecule has 0 atom stereocenters. The van der Waals surface area contributed by atoms with Crippen LogP contribution < -0.4 is 5.56 Å². The highest BCUT2D eigenvalue weighted by atomic mass is 79.9. The molecule has 1 aromatic carbocycles. The molecule has 4 rings (SSSR count). The van der Waals surface area contributed by atoms with Crippen molar-refractivity contribution >= 4 is 43.4 Å². The number of nitrogens with zero attached hydrogens (tertiary/aromatic N) is 3. The number of hydrogen-bond donors (Lipinski definition) is 0. The van der Waals surface area contributed by atoms with Gasteiger partial charge in [-0.3, -0.25) is 14.2 Å². The lowest BCUT2D eigenvalue weighted by Crippen LogP contribution is -2.60. The van der Waals surface area contributed by atoms with E-state index in [4.69, 9.17) is 4.74 Å². The molecule has 36 heavy (non-hydrogen) atoms. The number of carbonyl (C=O) groups is 1. The lowest BCUT2D eigenvalue weighted by Gasteiger charge is -2.42. The van der Waals surface area contributed by atoms with Gasteiger partial charge in [-0.2, -0.15) is 0 Å². The molecule has 3 heterocycles. The third-order valence-corrected chi connectivity index (χ3v) is 7.21. The zero-order valence-corrected chi connectivity index (χ0v) is 23.0. The monoisotopic (exact) mass is 577 g/mol. The molecule has 190 valence electrons. The lowest BCUT2D eigenvalue weighted by atomic mass is 9.99. The molecule has 0 unspecified atom stereocenters. The smallest absolute Gasteiger partial charge is 0.263 e. The summed E-state index contributed by atoms with van der Waals surface area (Å²) in [6.07, 6.45) is 1.29. The van der Waals surface area contributed by atoms with E-state index >= 15 is 0 Å². The summed E-state index contributed by atoms with van der Waals surface area (Å²) in [7, 11) is 0. The fourth-order valence-corrected chi connectivity index (χ4v) is 5.54. The lowest BCUT2D eigenvalue weighted by molar-refractivity contribution is -0.144. The Morgan fingerprint density at radius 3 is 2.67 bits per heavy atom. The first-order valence-corrected chi connectivity index (χ1v) is 13.0. The van der Waals surface area contributed by atoms with E-state index in [1.165, 1.54) is 40.1 Å². The molecule has 0 saturated carbocycles. The molecular formula is C26H26BrF2N3O3S. The maximum atomic E-state index is 14.0. The maximum Gasteiger partial charge on any atom is 0.263 e. The van der Waals surface area contributed by atoms with Crippen LogP contribution in [0.15, 0.2) is 33.8 Å². The highest BCUT2D eigenvalue weighted by Gasteiger charge is 2.41. The Balaban J connectivity index is 1.83. The van der Waals surface area contributed by atoms with Gasteiger partial charge in [-0.25, -0.2) is 13.8 Å². The van der Waals surface area contributed by atoms with Crippen LogP contribution in [0.25, 0.3) is 21.3 Å². The summed E-state index contributed by atoms with van der Waals surface area (Å²) in [6.45, 7) is 8.74. The van der Waals surface area contributed by atoms with E-state index in [-0.39, 0.29) is 36.1 Å². The number of ether oxygens (including phenoxy) is 1. The van der Waals surface area contributed by atoms with Crippen molar-refractivity contribution in [1.82, 2.24) is 14.5 Å². The van der Waals surface area contributed by atoms with Crippen molar-refractivity contribution in [2.45, 2.75) is 58.5 Å². The Kier molecular flexibility index (Phi) is 7.12. The predicted octanol–water partition coefficient (Wildman–Crippen LogP) is 5.15. The molecule has 1 aliphatic heterocycles. The molecule has 6 nitrogen and oxygen atoms in total. The standard InChI is InChI=1S/C26H26BrF2N3O3S/c1-15(2)35-25(3,4)9-8-19-21(16-6-7-18(28)17(27)10-16)22-23(36-19)30-14-31(24(22)34)11-20(33)32-12-26(5,29)13-32/h6-7,10,14-15H,11-13H2,1-5H3. The van der Waals surface area contributed by atoms with Gasteiger partial charge in [0, 0.05) is 5.56 Å². The summed E-state index contributed by atoms with van der Waals surface area (Å²) in [4.78, 5) is 33.0. The van der Waals surface area contributed by atoms with Crippen LogP contribution in [0.1, 0.15) is 39.5 Å². The molecule has 1 aliphatic rings. The third-order valence-electron chi connectivity index (χ3n) is 5.59. The molecule has 0 bridgehead atoms. The Hall–Kier alpha value is -2.61. The second kappa shape index (κ2) is 9.69. The quantitative estimate of drug-likeness (QED) is 0.393. The number of hydrogen-bond acceptors (Lipinski definition) is 5. The van der Waals surface area contributed by atoms with Gasteiger partial charge in [0.25, 0.3) is 5.56 Å². The summed E-state index contributed by atoms with van der Waals surface area (Å²) in [5, 5.41) is 0.291. The number of carbonyl (C=O) groups excluding carboxylic acids is 1. The van der Waals surface area contributed by atoms with Crippen LogP contribution in [-0.4, -0.2) is 50.8 Å². The van der Waals surface area contributed by atoms with Crippen molar-refractivity contribution < 1.29 is 18.3 Å². The summed E-state index contributed by atoms with van der Waals surface area (Å²) in [6, 6.07) is 4.47. The fraction of sp³-hybridized carbons (Fsp3) is 0.423. The Morgan fingerprint density at radius 2 is 2.06 bits per heavy atom. The van der Waals surface area contributed by atoms with Crippen molar-refractivity contribution in [3.63, 3.8) is 0 Å². The average molecular weight is 578 g/mol. The van der Waals surface area contributed by atoms with Crippen LogP contribution in [-0.2, 0) is 16.1 Å². The summed E-state index contributed by atoms with van der Waals surface area (Å²) in [5.41, 5.74) is -1.47. The normalized spacial score (nSPS) is 15.1. The molecule has 0 spiro atoms. The maximum absolute atomic E-state index is 14.0. The number of fused-ring (bicyclic) bond motifs is 1. The van der Waals surface area contributed by atoms with E-state index in [0.717, 1.165) is 0 Å². The molecule has 3 aromatic rings. The molecule has 0 aliphatic carbocycles. The van der Waals surface area contributed by atoms with E-state index in [2.05, 4.69) is 32.8 Å². The largest absolute Gasteiger partial charge is 0.360 e. The Labute approximate surface area is 220 Å². The number of likely N-dealkylation sites (tertiary alicyclic amines) is 1. The molecule has 2 aromatic heterocycles. The SMILES string of the molecule is CC(C)OC(C)(C)C#Cc1sc2ncn(CC(=O)N3CC(C)(F)C3)c(=O)c2c1-c1ccc(F)c(Br)c1. The van der Waals surface area contributed by atoms with E-state index in [1.807, 2.05) is 27.7 Å². The average Bonchev–Trinajstić information content (AvgIpc) is 3.13. The number of rotatable bonds is 5. The van der Waals surface area contributed by atoms with E-state index in [1.54, 1.807) is 12.1 Å². The van der Waals surface area contributed by atoms with Gasteiger partial charge in [0.1, 0.15) is 28.5 Å². The first-order valence-electron chi connectivity index (χ1n) is 11.4. The highest BCUT2D eigenvalue weighted by molar-refractivity contribution is 9.10. The zero-order valence-electron chi connectivity index (χ0n) is 20.6. The van der Waals surface area contributed by atoms with Crippen molar-refractivity contribution in [2.75, 3.05) is 13.1 Å².